The number of benzene rings is 3. The molecule has 0 unspecified atom stereocenters. The third-order valence-electron chi connectivity index (χ3n) is 6.45. The van der Waals surface area contributed by atoms with Gasteiger partial charge in [0.15, 0.2) is 0 Å². The van der Waals surface area contributed by atoms with Gasteiger partial charge in [0.05, 0.1) is 17.0 Å². The zero-order valence-electron chi connectivity index (χ0n) is 23.0. The van der Waals surface area contributed by atoms with E-state index in [9.17, 15) is 18.0 Å². The van der Waals surface area contributed by atoms with Crippen molar-refractivity contribution in [3.63, 3.8) is 0 Å². The number of nitrogens with zero attached hydrogens (tertiary/aromatic N) is 2. The first-order chi connectivity index (χ1) is 19.5. The molecule has 0 bridgehead atoms. The van der Waals surface area contributed by atoms with Crippen molar-refractivity contribution in [3.05, 3.63) is 99.0 Å². The van der Waals surface area contributed by atoms with Crippen molar-refractivity contribution in [1.29, 1.82) is 0 Å². The van der Waals surface area contributed by atoms with Crippen molar-refractivity contribution in [1.82, 2.24) is 10.2 Å². The van der Waals surface area contributed by atoms with Gasteiger partial charge in [-0.1, -0.05) is 90.3 Å². The number of rotatable bonds is 14. The summed E-state index contributed by atoms with van der Waals surface area (Å²) in [5, 5.41) is 3.98. The fourth-order valence-electron chi connectivity index (χ4n) is 4.39. The Balaban J connectivity index is 1.90. The monoisotopic (exact) mass is 637 g/mol. The standard InChI is InChI=1S/C30H34Cl3N3O4S/c1-3-17-34-30(38)28(19-22-10-5-4-6-11-22)35(21-23-12-7-8-13-25(23)32)29(37)14-9-18-36(41(2,39)40)27-20-24(31)15-16-26(27)33/h4-8,10-13,15-16,20,28H,3,9,14,17-19,21H2,1-2H3,(H,34,38)/t28-/m0/s1. The van der Waals surface area contributed by atoms with E-state index < -0.39 is 16.1 Å². The molecule has 3 aromatic rings. The van der Waals surface area contributed by atoms with Gasteiger partial charge in [-0.05, 0) is 48.2 Å². The quantitative estimate of drug-likeness (QED) is 0.223. The molecule has 0 aromatic heterocycles. The Morgan fingerprint density at radius 2 is 1.61 bits per heavy atom. The lowest BCUT2D eigenvalue weighted by atomic mass is 10.0. The molecule has 220 valence electrons. The van der Waals surface area contributed by atoms with Crippen LogP contribution in [0.2, 0.25) is 15.1 Å². The van der Waals surface area contributed by atoms with Crippen LogP contribution in [0, 0.1) is 0 Å². The molecule has 2 amide bonds. The van der Waals surface area contributed by atoms with Crippen LogP contribution in [0.4, 0.5) is 5.69 Å². The molecule has 1 N–H and O–H groups in total. The average molecular weight is 639 g/mol. The van der Waals surface area contributed by atoms with E-state index in [1.54, 1.807) is 18.2 Å². The molecule has 0 aliphatic heterocycles. The third kappa shape index (κ3) is 9.64. The van der Waals surface area contributed by atoms with Gasteiger partial charge < -0.3 is 10.2 Å². The first-order valence-corrected chi connectivity index (χ1v) is 16.3. The largest absolute Gasteiger partial charge is 0.354 e. The topological polar surface area (TPSA) is 86.8 Å². The highest BCUT2D eigenvalue weighted by molar-refractivity contribution is 7.92. The van der Waals surface area contributed by atoms with Crippen LogP contribution in [-0.4, -0.2) is 50.5 Å². The van der Waals surface area contributed by atoms with Gasteiger partial charge in [0.2, 0.25) is 21.8 Å². The first-order valence-electron chi connectivity index (χ1n) is 13.3. The fraction of sp³-hybridized carbons (Fsp3) is 0.333. The van der Waals surface area contributed by atoms with Crippen LogP contribution in [-0.2, 0) is 32.6 Å². The Bertz CT molecular complexity index is 1440. The number of nitrogens with one attached hydrogen (secondary N) is 1. The van der Waals surface area contributed by atoms with Crippen molar-refractivity contribution in [2.75, 3.05) is 23.7 Å². The fourth-order valence-corrected chi connectivity index (χ4v) is 5.99. The lowest BCUT2D eigenvalue weighted by molar-refractivity contribution is -0.141. The second-order valence-corrected chi connectivity index (χ2v) is 12.8. The van der Waals surface area contributed by atoms with Crippen molar-refractivity contribution in [2.45, 2.75) is 45.2 Å². The number of sulfonamides is 1. The van der Waals surface area contributed by atoms with Gasteiger partial charge in [0.1, 0.15) is 6.04 Å². The summed E-state index contributed by atoms with van der Waals surface area (Å²) < 4.78 is 26.4. The van der Waals surface area contributed by atoms with E-state index in [0.717, 1.165) is 22.5 Å². The van der Waals surface area contributed by atoms with Crippen LogP contribution >= 0.6 is 34.8 Å². The Labute approximate surface area is 257 Å². The zero-order chi connectivity index (χ0) is 30.0. The SMILES string of the molecule is CCCNC(=O)[C@H](Cc1ccccc1)N(Cc1ccccc1Cl)C(=O)CCCN(c1cc(Cl)ccc1Cl)S(C)(=O)=O. The van der Waals surface area contributed by atoms with E-state index in [4.69, 9.17) is 34.8 Å². The molecular weight excluding hydrogens is 605 g/mol. The predicted octanol–water partition coefficient (Wildman–Crippen LogP) is 6.36. The molecule has 41 heavy (non-hydrogen) atoms. The van der Waals surface area contributed by atoms with Crippen LogP contribution in [0.5, 0.6) is 0 Å². The number of carbonyl (C=O) groups is 2. The number of amides is 2. The molecule has 0 saturated carbocycles. The minimum atomic E-state index is -3.73. The molecule has 11 heteroatoms. The lowest BCUT2D eigenvalue weighted by Gasteiger charge is -2.32. The molecule has 0 aliphatic carbocycles. The Kier molecular flexibility index (Phi) is 12.3. The van der Waals surface area contributed by atoms with Crippen molar-refractivity contribution >= 4 is 62.3 Å². The van der Waals surface area contributed by atoms with E-state index in [2.05, 4.69) is 5.32 Å². The van der Waals surface area contributed by atoms with E-state index >= 15 is 0 Å². The van der Waals surface area contributed by atoms with Gasteiger partial charge in [0, 0.05) is 42.5 Å². The smallest absolute Gasteiger partial charge is 0.243 e. The summed E-state index contributed by atoms with van der Waals surface area (Å²) in [4.78, 5) is 28.8. The molecule has 0 saturated heterocycles. The van der Waals surface area contributed by atoms with E-state index in [-0.39, 0.29) is 48.5 Å². The van der Waals surface area contributed by atoms with Gasteiger partial charge in [0.25, 0.3) is 0 Å². The first kappa shape index (κ1) is 32.7. The van der Waals surface area contributed by atoms with Crippen molar-refractivity contribution < 1.29 is 18.0 Å². The van der Waals surface area contributed by atoms with Crippen LogP contribution in [0.3, 0.4) is 0 Å². The van der Waals surface area contributed by atoms with Crippen LogP contribution in [0.1, 0.15) is 37.3 Å². The normalized spacial score (nSPS) is 12.0. The highest BCUT2D eigenvalue weighted by Gasteiger charge is 2.31. The molecule has 0 aliphatic rings. The summed E-state index contributed by atoms with van der Waals surface area (Å²) in [6.07, 6.45) is 2.29. The maximum absolute atomic E-state index is 13.8. The van der Waals surface area contributed by atoms with Crippen LogP contribution in [0.15, 0.2) is 72.8 Å². The van der Waals surface area contributed by atoms with E-state index in [1.165, 1.54) is 17.0 Å². The summed E-state index contributed by atoms with van der Waals surface area (Å²) in [5.41, 5.74) is 1.84. The minimum Gasteiger partial charge on any atom is -0.354 e. The van der Waals surface area contributed by atoms with Crippen LogP contribution < -0.4 is 9.62 Å². The summed E-state index contributed by atoms with van der Waals surface area (Å²) in [6.45, 7) is 2.54. The number of hydrogen-bond donors (Lipinski definition) is 1. The summed E-state index contributed by atoms with van der Waals surface area (Å²) in [6, 6.07) is 20.4. The molecule has 0 fully saturated rings. The highest BCUT2D eigenvalue weighted by Crippen LogP contribution is 2.31. The summed E-state index contributed by atoms with van der Waals surface area (Å²) in [7, 11) is -3.73. The van der Waals surface area contributed by atoms with E-state index in [0.29, 0.717) is 28.6 Å². The summed E-state index contributed by atoms with van der Waals surface area (Å²) in [5.74, 6) is -0.567. The zero-order valence-corrected chi connectivity index (χ0v) is 26.1. The number of anilines is 1. The minimum absolute atomic E-state index is 0.00402. The highest BCUT2D eigenvalue weighted by atomic mass is 35.5. The number of halogens is 3. The Morgan fingerprint density at radius 1 is 0.927 bits per heavy atom. The molecule has 0 spiro atoms. The van der Waals surface area contributed by atoms with E-state index in [1.807, 2.05) is 49.4 Å². The maximum atomic E-state index is 13.8. The molecule has 7 nitrogen and oxygen atoms in total. The summed E-state index contributed by atoms with van der Waals surface area (Å²) >= 11 is 18.9. The molecule has 0 radical (unpaired) electrons. The second kappa shape index (κ2) is 15.4. The third-order valence-corrected chi connectivity index (χ3v) is 8.55. The van der Waals surface area contributed by atoms with Crippen LogP contribution in [0.25, 0.3) is 0 Å². The van der Waals surface area contributed by atoms with Crippen molar-refractivity contribution in [2.24, 2.45) is 0 Å². The maximum Gasteiger partial charge on any atom is 0.243 e. The lowest BCUT2D eigenvalue weighted by Crippen LogP contribution is -2.50. The molecule has 1 atom stereocenters. The molecular formula is C30H34Cl3N3O4S. The van der Waals surface area contributed by atoms with Gasteiger partial charge >= 0.3 is 0 Å². The van der Waals surface area contributed by atoms with Gasteiger partial charge in [-0.3, -0.25) is 13.9 Å². The van der Waals surface area contributed by atoms with Crippen molar-refractivity contribution in [3.8, 4) is 0 Å². The number of carbonyl (C=O) groups excluding carboxylic acids is 2. The van der Waals surface area contributed by atoms with Gasteiger partial charge in [-0.25, -0.2) is 8.42 Å². The average Bonchev–Trinajstić information content (AvgIpc) is 2.94. The molecule has 0 heterocycles. The predicted molar refractivity (Wildman–Crippen MR) is 167 cm³/mol. The number of hydrogen-bond acceptors (Lipinski definition) is 4. The Morgan fingerprint density at radius 3 is 2.27 bits per heavy atom. The second-order valence-electron chi connectivity index (χ2n) is 9.64. The Hall–Kier alpha value is -2.78. The molecule has 3 rings (SSSR count). The molecule has 3 aromatic carbocycles. The van der Waals surface area contributed by atoms with Gasteiger partial charge in [-0.15, -0.1) is 0 Å². The van der Waals surface area contributed by atoms with Gasteiger partial charge in [-0.2, -0.15) is 0 Å².